The number of hydrogen-bond donors (Lipinski definition) is 2. The Balaban J connectivity index is 1.87. The zero-order chi connectivity index (χ0) is 17.5. The summed E-state index contributed by atoms with van der Waals surface area (Å²) in [7, 11) is 0. The molecule has 0 spiro atoms. The van der Waals surface area contributed by atoms with Crippen molar-refractivity contribution in [1.82, 2.24) is 10.2 Å². The standard InChI is InChI=1S/C17H23N3O3S/c1-3-23-16(22)13-7-6-12(2)14(11-13)19-17(24)18-8-10-20-9-4-5-15(20)21/h6-7,11H,3-5,8-10H2,1-2H3,(H2,18,19,24). The Morgan fingerprint density at radius 1 is 1.42 bits per heavy atom. The van der Waals surface area contributed by atoms with Gasteiger partial charge in [0, 0.05) is 31.7 Å². The first-order valence-corrected chi connectivity index (χ1v) is 8.52. The average Bonchev–Trinajstić information content (AvgIpc) is 2.95. The van der Waals surface area contributed by atoms with Gasteiger partial charge in [0.1, 0.15) is 0 Å². The number of thiocarbonyl (C=S) groups is 1. The number of esters is 1. The maximum absolute atomic E-state index is 11.8. The molecule has 1 aliphatic rings. The van der Waals surface area contributed by atoms with E-state index in [1.165, 1.54) is 0 Å². The zero-order valence-corrected chi connectivity index (χ0v) is 14.9. The average molecular weight is 349 g/mol. The van der Waals surface area contributed by atoms with Crippen LogP contribution in [0.15, 0.2) is 18.2 Å². The number of carbonyl (C=O) groups excluding carboxylic acids is 2. The molecule has 0 unspecified atom stereocenters. The van der Waals surface area contributed by atoms with Gasteiger partial charge in [-0.1, -0.05) is 6.07 Å². The maximum Gasteiger partial charge on any atom is 0.338 e. The van der Waals surface area contributed by atoms with Crippen LogP contribution in [0.5, 0.6) is 0 Å². The fourth-order valence-electron chi connectivity index (χ4n) is 2.51. The summed E-state index contributed by atoms with van der Waals surface area (Å²) in [6.07, 6.45) is 1.57. The van der Waals surface area contributed by atoms with Gasteiger partial charge in [-0.25, -0.2) is 4.79 Å². The molecule has 0 atom stereocenters. The highest BCUT2D eigenvalue weighted by atomic mass is 32.1. The number of ether oxygens (including phenoxy) is 1. The lowest BCUT2D eigenvalue weighted by atomic mass is 10.1. The molecule has 1 aliphatic heterocycles. The predicted molar refractivity (Wildman–Crippen MR) is 97.2 cm³/mol. The minimum Gasteiger partial charge on any atom is -0.462 e. The van der Waals surface area contributed by atoms with Crippen LogP contribution in [0.3, 0.4) is 0 Å². The number of likely N-dealkylation sites (tertiary alicyclic amines) is 1. The summed E-state index contributed by atoms with van der Waals surface area (Å²) in [5.74, 6) is -0.152. The van der Waals surface area contributed by atoms with Crippen molar-refractivity contribution in [1.29, 1.82) is 0 Å². The Kier molecular flexibility index (Phi) is 6.54. The highest BCUT2D eigenvalue weighted by Gasteiger charge is 2.19. The molecule has 7 heteroatoms. The molecular formula is C17H23N3O3S. The van der Waals surface area contributed by atoms with E-state index < -0.39 is 0 Å². The molecule has 0 saturated carbocycles. The molecule has 1 aromatic rings. The van der Waals surface area contributed by atoms with Crippen LogP contribution >= 0.6 is 12.2 Å². The molecule has 1 heterocycles. The van der Waals surface area contributed by atoms with Crippen LogP contribution in [0.1, 0.15) is 35.7 Å². The second-order valence-electron chi connectivity index (χ2n) is 5.62. The van der Waals surface area contributed by atoms with E-state index in [0.717, 1.165) is 24.2 Å². The number of anilines is 1. The van der Waals surface area contributed by atoms with Crippen molar-refractivity contribution >= 4 is 34.9 Å². The molecule has 1 saturated heterocycles. The molecule has 2 rings (SSSR count). The van der Waals surface area contributed by atoms with E-state index in [9.17, 15) is 9.59 Å². The molecule has 1 aromatic carbocycles. The van der Waals surface area contributed by atoms with Gasteiger partial charge in [-0.3, -0.25) is 4.79 Å². The van der Waals surface area contributed by atoms with Crippen molar-refractivity contribution in [2.24, 2.45) is 0 Å². The summed E-state index contributed by atoms with van der Waals surface area (Å²) in [6, 6.07) is 5.30. The fourth-order valence-corrected chi connectivity index (χ4v) is 2.72. The van der Waals surface area contributed by atoms with Gasteiger partial charge >= 0.3 is 5.97 Å². The Morgan fingerprint density at radius 3 is 2.88 bits per heavy atom. The summed E-state index contributed by atoms with van der Waals surface area (Å²) in [5, 5.41) is 6.65. The summed E-state index contributed by atoms with van der Waals surface area (Å²) in [6.45, 7) is 6.10. The van der Waals surface area contributed by atoms with Gasteiger partial charge in [-0.15, -0.1) is 0 Å². The summed E-state index contributed by atoms with van der Waals surface area (Å²) < 4.78 is 5.01. The second kappa shape index (κ2) is 8.63. The Hall–Kier alpha value is -2.15. The van der Waals surface area contributed by atoms with Crippen LogP contribution in [0.2, 0.25) is 0 Å². The molecule has 0 aromatic heterocycles. The predicted octanol–water partition coefficient (Wildman–Crippen LogP) is 2.08. The van der Waals surface area contributed by atoms with Crippen molar-refractivity contribution < 1.29 is 14.3 Å². The number of amides is 1. The van der Waals surface area contributed by atoms with Gasteiger partial charge < -0.3 is 20.3 Å². The van der Waals surface area contributed by atoms with E-state index in [1.807, 2.05) is 17.9 Å². The van der Waals surface area contributed by atoms with Crippen molar-refractivity contribution in [3.05, 3.63) is 29.3 Å². The van der Waals surface area contributed by atoms with Crippen molar-refractivity contribution in [2.45, 2.75) is 26.7 Å². The van der Waals surface area contributed by atoms with Crippen LogP contribution in [0.4, 0.5) is 5.69 Å². The number of nitrogens with zero attached hydrogens (tertiary/aromatic N) is 1. The van der Waals surface area contributed by atoms with Crippen LogP contribution in [-0.4, -0.2) is 48.1 Å². The first kappa shape index (κ1) is 18.2. The molecule has 24 heavy (non-hydrogen) atoms. The lowest BCUT2D eigenvalue weighted by Crippen LogP contribution is -2.37. The normalized spacial score (nSPS) is 13.8. The Morgan fingerprint density at radius 2 is 2.21 bits per heavy atom. The highest BCUT2D eigenvalue weighted by molar-refractivity contribution is 7.80. The first-order chi connectivity index (χ1) is 11.5. The maximum atomic E-state index is 11.8. The van der Waals surface area contributed by atoms with Gasteiger partial charge in [0.2, 0.25) is 5.91 Å². The van der Waals surface area contributed by atoms with E-state index in [1.54, 1.807) is 19.1 Å². The number of benzene rings is 1. The summed E-state index contributed by atoms with van der Waals surface area (Å²) in [5.41, 5.74) is 2.22. The first-order valence-electron chi connectivity index (χ1n) is 8.11. The molecule has 0 radical (unpaired) electrons. The van der Waals surface area contributed by atoms with Crippen molar-refractivity contribution in [3.63, 3.8) is 0 Å². The van der Waals surface area contributed by atoms with Gasteiger partial charge in [0.05, 0.1) is 12.2 Å². The topological polar surface area (TPSA) is 70.7 Å². The SMILES string of the molecule is CCOC(=O)c1ccc(C)c(NC(=S)NCCN2CCCC2=O)c1. The van der Waals surface area contributed by atoms with Crippen LogP contribution < -0.4 is 10.6 Å². The third kappa shape index (κ3) is 4.92. The molecular weight excluding hydrogens is 326 g/mol. The lowest BCUT2D eigenvalue weighted by Gasteiger charge is -2.17. The van der Waals surface area contributed by atoms with Gasteiger partial charge in [0.15, 0.2) is 5.11 Å². The van der Waals surface area contributed by atoms with E-state index >= 15 is 0 Å². The third-order valence-electron chi connectivity index (χ3n) is 3.84. The third-order valence-corrected chi connectivity index (χ3v) is 4.08. The van der Waals surface area contributed by atoms with E-state index in [0.29, 0.717) is 36.8 Å². The largest absolute Gasteiger partial charge is 0.462 e. The smallest absolute Gasteiger partial charge is 0.338 e. The molecule has 0 bridgehead atoms. The van der Waals surface area contributed by atoms with Crippen LogP contribution in [0, 0.1) is 6.92 Å². The Bertz CT molecular complexity index is 634. The van der Waals surface area contributed by atoms with Gasteiger partial charge in [-0.05, 0) is 50.2 Å². The van der Waals surface area contributed by atoms with E-state index in [2.05, 4.69) is 10.6 Å². The monoisotopic (exact) mass is 349 g/mol. The van der Waals surface area contributed by atoms with Gasteiger partial charge in [-0.2, -0.15) is 0 Å². The Labute approximate surface area is 147 Å². The molecule has 0 aliphatic carbocycles. The van der Waals surface area contributed by atoms with Crippen LogP contribution in [-0.2, 0) is 9.53 Å². The van der Waals surface area contributed by atoms with Crippen molar-refractivity contribution in [2.75, 3.05) is 31.6 Å². The molecule has 2 N–H and O–H groups in total. The minimum absolute atomic E-state index is 0.202. The summed E-state index contributed by atoms with van der Waals surface area (Å²) >= 11 is 5.28. The molecule has 130 valence electrons. The second-order valence-corrected chi connectivity index (χ2v) is 6.02. The number of nitrogens with one attached hydrogen (secondary N) is 2. The lowest BCUT2D eigenvalue weighted by molar-refractivity contribution is -0.127. The number of carbonyl (C=O) groups is 2. The zero-order valence-electron chi connectivity index (χ0n) is 14.1. The molecule has 1 fully saturated rings. The van der Waals surface area contributed by atoms with E-state index in [4.69, 9.17) is 17.0 Å². The van der Waals surface area contributed by atoms with Crippen LogP contribution in [0.25, 0.3) is 0 Å². The summed E-state index contributed by atoms with van der Waals surface area (Å²) in [4.78, 5) is 25.2. The number of hydrogen-bond acceptors (Lipinski definition) is 4. The van der Waals surface area contributed by atoms with E-state index in [-0.39, 0.29) is 11.9 Å². The number of aryl methyl sites for hydroxylation is 1. The van der Waals surface area contributed by atoms with Gasteiger partial charge in [0.25, 0.3) is 0 Å². The van der Waals surface area contributed by atoms with Crippen molar-refractivity contribution in [3.8, 4) is 0 Å². The fraction of sp³-hybridized carbons (Fsp3) is 0.471. The number of rotatable bonds is 6. The quantitative estimate of drug-likeness (QED) is 0.605. The molecule has 6 nitrogen and oxygen atoms in total. The highest BCUT2D eigenvalue weighted by Crippen LogP contribution is 2.17. The minimum atomic E-state index is -0.355. The molecule has 1 amide bonds.